The van der Waals surface area contributed by atoms with Gasteiger partial charge < -0.3 is 15.4 Å². The van der Waals surface area contributed by atoms with Crippen LogP contribution in [0.1, 0.15) is 13.8 Å². The smallest absolute Gasteiger partial charge is 0.237 e. The molecule has 0 aliphatic heterocycles. The fourth-order valence-electron chi connectivity index (χ4n) is 0.898. The number of likely N-dealkylation sites (N-methyl/N-ethyl adjacent to an activating group) is 1. The maximum absolute atomic E-state index is 5.72. The Morgan fingerprint density at radius 2 is 2.13 bits per heavy atom. The lowest BCUT2D eigenvalue weighted by Crippen LogP contribution is -2.43. The molecule has 0 amide bonds. The van der Waals surface area contributed by atoms with Crippen LogP contribution in [-0.4, -0.2) is 36.1 Å². The Hall–Kier alpha value is -1.29. The highest BCUT2D eigenvalue weighted by Gasteiger charge is 2.21. The predicted octanol–water partition coefficient (Wildman–Crippen LogP) is 1.38. The summed E-state index contributed by atoms with van der Waals surface area (Å²) < 4.78 is 5.59. The molecule has 0 unspecified atom stereocenters. The van der Waals surface area contributed by atoms with Gasteiger partial charge in [-0.2, -0.15) is 0 Å². The lowest BCUT2D eigenvalue weighted by molar-refractivity contribution is 0.111. The predicted molar refractivity (Wildman–Crippen MR) is 61.9 cm³/mol. The number of rotatable bonds is 4. The summed E-state index contributed by atoms with van der Waals surface area (Å²) in [7, 11) is 4.04. The largest absolute Gasteiger partial charge is 0.474 e. The molecule has 4 nitrogen and oxygen atoms in total. The van der Waals surface area contributed by atoms with Crippen molar-refractivity contribution in [1.82, 2.24) is 9.88 Å². The topological polar surface area (TPSA) is 51.4 Å². The van der Waals surface area contributed by atoms with Gasteiger partial charge in [0, 0.05) is 11.7 Å². The Kier molecular flexibility index (Phi) is 3.52. The molecule has 1 heterocycles. The normalized spacial score (nSPS) is 11.8. The lowest BCUT2D eigenvalue weighted by atomic mass is 10.1. The minimum atomic E-state index is -0.0377. The summed E-state index contributed by atoms with van der Waals surface area (Å²) in [5.41, 5.74) is 6.26. The Balaban J connectivity index is 2.62. The van der Waals surface area contributed by atoms with Gasteiger partial charge >= 0.3 is 0 Å². The maximum Gasteiger partial charge on any atom is 0.237 e. The molecule has 0 aliphatic carbocycles. The molecule has 0 bridgehead atoms. The van der Waals surface area contributed by atoms with Crippen molar-refractivity contribution in [2.75, 3.05) is 26.4 Å². The van der Waals surface area contributed by atoms with Gasteiger partial charge in [-0.1, -0.05) is 0 Å². The van der Waals surface area contributed by atoms with Gasteiger partial charge in [0.2, 0.25) is 5.88 Å². The van der Waals surface area contributed by atoms with Crippen LogP contribution < -0.4 is 10.5 Å². The van der Waals surface area contributed by atoms with E-state index in [-0.39, 0.29) is 5.54 Å². The second-order valence-electron chi connectivity index (χ2n) is 4.39. The van der Waals surface area contributed by atoms with Crippen molar-refractivity contribution >= 4 is 5.69 Å². The molecule has 4 heteroatoms. The lowest BCUT2D eigenvalue weighted by Gasteiger charge is -2.31. The number of nitrogen functional groups attached to an aromatic ring is 1. The zero-order valence-electron chi connectivity index (χ0n) is 9.82. The molecule has 15 heavy (non-hydrogen) atoms. The van der Waals surface area contributed by atoms with E-state index in [1.807, 2.05) is 14.1 Å². The van der Waals surface area contributed by atoms with Crippen LogP contribution in [0.15, 0.2) is 18.3 Å². The van der Waals surface area contributed by atoms with Gasteiger partial charge in [0.15, 0.2) is 0 Å². The van der Waals surface area contributed by atoms with Crippen molar-refractivity contribution in [3.63, 3.8) is 0 Å². The number of aromatic nitrogens is 1. The zero-order chi connectivity index (χ0) is 11.5. The van der Waals surface area contributed by atoms with Crippen LogP contribution in [-0.2, 0) is 0 Å². The fraction of sp³-hybridized carbons (Fsp3) is 0.545. The van der Waals surface area contributed by atoms with Crippen molar-refractivity contribution in [2.45, 2.75) is 19.4 Å². The first kappa shape index (κ1) is 11.8. The molecule has 2 N–H and O–H groups in total. The van der Waals surface area contributed by atoms with Gasteiger partial charge in [0.25, 0.3) is 0 Å². The molecule has 0 radical (unpaired) electrons. The summed E-state index contributed by atoms with van der Waals surface area (Å²) >= 11 is 0. The molecule has 0 spiro atoms. The van der Waals surface area contributed by atoms with Crippen molar-refractivity contribution in [3.05, 3.63) is 18.3 Å². The Morgan fingerprint density at radius 3 is 2.67 bits per heavy atom. The maximum atomic E-state index is 5.72. The molecule has 0 saturated carbocycles. The Morgan fingerprint density at radius 1 is 1.47 bits per heavy atom. The molecule has 0 fully saturated rings. The number of ether oxygens (including phenoxy) is 1. The van der Waals surface area contributed by atoms with Crippen molar-refractivity contribution in [1.29, 1.82) is 0 Å². The monoisotopic (exact) mass is 209 g/mol. The van der Waals surface area contributed by atoms with E-state index in [4.69, 9.17) is 10.5 Å². The molecular formula is C11H19N3O. The van der Waals surface area contributed by atoms with E-state index in [0.29, 0.717) is 18.2 Å². The van der Waals surface area contributed by atoms with Crippen LogP contribution in [0.2, 0.25) is 0 Å². The standard InChI is InChI=1S/C11H19N3O/c1-11(2,14(3)4)8-15-10-9(12)6-5-7-13-10/h5-7H,8,12H2,1-4H3. The second kappa shape index (κ2) is 4.49. The van der Waals surface area contributed by atoms with Gasteiger partial charge in [-0.05, 0) is 40.1 Å². The summed E-state index contributed by atoms with van der Waals surface area (Å²) in [6.07, 6.45) is 1.67. The van der Waals surface area contributed by atoms with E-state index in [1.165, 1.54) is 0 Å². The third-order valence-electron chi connectivity index (χ3n) is 2.57. The highest BCUT2D eigenvalue weighted by atomic mass is 16.5. The first-order valence-electron chi connectivity index (χ1n) is 4.94. The molecule has 1 aromatic heterocycles. The minimum Gasteiger partial charge on any atom is -0.474 e. The number of nitrogens with two attached hydrogens (primary N) is 1. The summed E-state index contributed by atoms with van der Waals surface area (Å²) in [6.45, 7) is 4.76. The van der Waals surface area contributed by atoms with Crippen LogP contribution in [0.25, 0.3) is 0 Å². The third kappa shape index (κ3) is 3.09. The quantitative estimate of drug-likeness (QED) is 0.814. The summed E-state index contributed by atoms with van der Waals surface area (Å²) in [6, 6.07) is 3.57. The highest BCUT2D eigenvalue weighted by molar-refractivity contribution is 5.46. The summed E-state index contributed by atoms with van der Waals surface area (Å²) in [5, 5.41) is 0. The van der Waals surface area contributed by atoms with Crippen LogP contribution >= 0.6 is 0 Å². The van der Waals surface area contributed by atoms with Crippen molar-refractivity contribution in [3.8, 4) is 5.88 Å². The Labute approximate surface area is 91.1 Å². The third-order valence-corrected chi connectivity index (χ3v) is 2.57. The highest BCUT2D eigenvalue weighted by Crippen LogP contribution is 2.19. The number of nitrogens with zero attached hydrogens (tertiary/aromatic N) is 2. The van der Waals surface area contributed by atoms with E-state index < -0.39 is 0 Å². The molecule has 0 saturated heterocycles. The summed E-state index contributed by atoms with van der Waals surface area (Å²) in [5.74, 6) is 0.507. The van der Waals surface area contributed by atoms with Crippen LogP contribution in [0.5, 0.6) is 5.88 Å². The Bertz CT molecular complexity index is 323. The van der Waals surface area contributed by atoms with Crippen molar-refractivity contribution in [2.24, 2.45) is 0 Å². The van der Waals surface area contributed by atoms with Crippen LogP contribution in [0, 0.1) is 0 Å². The first-order valence-corrected chi connectivity index (χ1v) is 4.94. The van der Waals surface area contributed by atoms with E-state index in [9.17, 15) is 0 Å². The van der Waals surface area contributed by atoms with Gasteiger partial charge in [-0.3, -0.25) is 0 Å². The number of hydrogen-bond acceptors (Lipinski definition) is 4. The van der Waals surface area contributed by atoms with E-state index in [0.717, 1.165) is 0 Å². The average molecular weight is 209 g/mol. The van der Waals surface area contributed by atoms with E-state index >= 15 is 0 Å². The summed E-state index contributed by atoms with van der Waals surface area (Å²) in [4.78, 5) is 6.18. The molecule has 0 aliphatic rings. The van der Waals surface area contributed by atoms with E-state index in [1.54, 1.807) is 18.3 Å². The van der Waals surface area contributed by atoms with E-state index in [2.05, 4.69) is 23.7 Å². The molecule has 0 aromatic carbocycles. The molecule has 1 rings (SSSR count). The molecule has 84 valence electrons. The van der Waals surface area contributed by atoms with Crippen molar-refractivity contribution < 1.29 is 4.74 Å². The van der Waals surface area contributed by atoms with Gasteiger partial charge in [-0.25, -0.2) is 4.98 Å². The number of pyridine rings is 1. The second-order valence-corrected chi connectivity index (χ2v) is 4.39. The first-order chi connectivity index (χ1) is 6.93. The van der Waals surface area contributed by atoms with Crippen LogP contribution in [0.4, 0.5) is 5.69 Å². The van der Waals surface area contributed by atoms with Crippen LogP contribution in [0.3, 0.4) is 0 Å². The van der Waals surface area contributed by atoms with Gasteiger partial charge in [0.1, 0.15) is 6.61 Å². The van der Waals surface area contributed by atoms with Gasteiger partial charge in [-0.15, -0.1) is 0 Å². The fourth-order valence-corrected chi connectivity index (χ4v) is 0.898. The average Bonchev–Trinajstić information content (AvgIpc) is 2.16. The SMILES string of the molecule is CN(C)C(C)(C)COc1ncccc1N. The number of hydrogen-bond donors (Lipinski definition) is 1. The molecular weight excluding hydrogens is 190 g/mol. The number of anilines is 1. The molecule has 1 aromatic rings. The zero-order valence-corrected chi connectivity index (χ0v) is 9.82. The van der Waals surface area contributed by atoms with Gasteiger partial charge in [0.05, 0.1) is 5.69 Å². The minimum absolute atomic E-state index is 0.0377. The molecule has 0 atom stereocenters.